The summed E-state index contributed by atoms with van der Waals surface area (Å²) in [6.07, 6.45) is 7.40. The van der Waals surface area contributed by atoms with E-state index in [0.717, 1.165) is 13.0 Å². The van der Waals surface area contributed by atoms with E-state index in [9.17, 15) is 0 Å². The van der Waals surface area contributed by atoms with Gasteiger partial charge in [0, 0.05) is 24.5 Å². The van der Waals surface area contributed by atoms with Crippen LogP contribution < -0.4 is 5.32 Å². The Morgan fingerprint density at radius 2 is 2.41 bits per heavy atom. The quantitative estimate of drug-likeness (QED) is 0.858. The Balaban J connectivity index is 1.69. The Bertz CT molecular complexity index is 325. The molecule has 3 heteroatoms. The molecule has 0 saturated carbocycles. The van der Waals surface area contributed by atoms with Gasteiger partial charge in [0.2, 0.25) is 0 Å². The zero-order valence-corrected chi connectivity index (χ0v) is 10.9. The van der Waals surface area contributed by atoms with Crippen molar-refractivity contribution in [3.8, 4) is 0 Å². The Morgan fingerprint density at radius 1 is 1.53 bits per heavy atom. The van der Waals surface area contributed by atoms with Crippen LogP contribution in [0.4, 0.5) is 0 Å². The largest absolute Gasteiger partial charge is 0.314 e. The molecule has 0 aromatic carbocycles. The minimum atomic E-state index is 0.692. The lowest BCUT2D eigenvalue weighted by Gasteiger charge is -2.35. The molecule has 1 aromatic heterocycles. The molecule has 1 N–H and O–H groups in total. The van der Waals surface area contributed by atoms with Crippen LogP contribution in [0, 0.1) is 0 Å². The van der Waals surface area contributed by atoms with Crippen LogP contribution in [-0.2, 0) is 6.42 Å². The highest BCUT2D eigenvalue weighted by atomic mass is 15.1. The van der Waals surface area contributed by atoms with Gasteiger partial charge in [0.1, 0.15) is 0 Å². The van der Waals surface area contributed by atoms with Gasteiger partial charge in [-0.05, 0) is 58.0 Å². The van der Waals surface area contributed by atoms with Crippen molar-refractivity contribution >= 4 is 0 Å². The molecule has 0 aliphatic carbocycles. The number of hydrogen-bond donors (Lipinski definition) is 1. The van der Waals surface area contributed by atoms with Crippen molar-refractivity contribution in [3.05, 3.63) is 30.1 Å². The zero-order valence-electron chi connectivity index (χ0n) is 10.9. The maximum Gasteiger partial charge on any atom is 0.0300 e. The predicted molar refractivity (Wildman–Crippen MR) is 71.1 cm³/mol. The first-order chi connectivity index (χ1) is 8.25. The van der Waals surface area contributed by atoms with Gasteiger partial charge in [-0.3, -0.25) is 4.98 Å². The molecule has 2 unspecified atom stereocenters. The highest BCUT2D eigenvalue weighted by molar-refractivity contribution is 5.08. The second-order valence-corrected chi connectivity index (χ2v) is 5.12. The van der Waals surface area contributed by atoms with E-state index >= 15 is 0 Å². The van der Waals surface area contributed by atoms with Crippen LogP contribution in [0.25, 0.3) is 0 Å². The van der Waals surface area contributed by atoms with Crippen LogP contribution >= 0.6 is 0 Å². The highest BCUT2D eigenvalue weighted by Crippen LogP contribution is 2.15. The van der Waals surface area contributed by atoms with Crippen molar-refractivity contribution in [1.29, 1.82) is 0 Å². The average molecular weight is 233 g/mol. The molecular weight excluding hydrogens is 210 g/mol. The van der Waals surface area contributed by atoms with Crippen molar-refractivity contribution in [1.82, 2.24) is 15.2 Å². The minimum Gasteiger partial charge on any atom is -0.314 e. The molecule has 0 amide bonds. The van der Waals surface area contributed by atoms with Crippen molar-refractivity contribution < 1.29 is 0 Å². The topological polar surface area (TPSA) is 28.2 Å². The second kappa shape index (κ2) is 6.12. The van der Waals surface area contributed by atoms with E-state index in [4.69, 9.17) is 0 Å². The molecule has 2 heterocycles. The van der Waals surface area contributed by atoms with Crippen LogP contribution in [0.1, 0.15) is 25.3 Å². The molecule has 0 radical (unpaired) electrons. The van der Waals surface area contributed by atoms with Gasteiger partial charge in [0.15, 0.2) is 0 Å². The fourth-order valence-electron chi connectivity index (χ4n) is 2.44. The summed E-state index contributed by atoms with van der Waals surface area (Å²) in [5.41, 5.74) is 1.32. The maximum atomic E-state index is 4.14. The lowest BCUT2D eigenvalue weighted by atomic mass is 9.99. The van der Waals surface area contributed by atoms with Crippen LogP contribution in [0.15, 0.2) is 24.5 Å². The van der Waals surface area contributed by atoms with E-state index in [1.807, 2.05) is 18.5 Å². The fraction of sp³-hybridized carbons (Fsp3) is 0.643. The van der Waals surface area contributed by atoms with Crippen molar-refractivity contribution in [2.75, 3.05) is 20.1 Å². The summed E-state index contributed by atoms with van der Waals surface area (Å²) in [5.74, 6) is 0. The number of likely N-dealkylation sites (tertiary alicyclic amines) is 1. The molecule has 0 spiro atoms. The van der Waals surface area contributed by atoms with Gasteiger partial charge in [0.25, 0.3) is 0 Å². The standard InChI is InChI=1S/C14H23N3/c1-12-10-14(6-9-17(12)2)16-8-5-13-4-3-7-15-11-13/h3-4,7,11-12,14,16H,5-6,8-10H2,1-2H3. The van der Waals surface area contributed by atoms with Crippen molar-refractivity contribution in [2.24, 2.45) is 0 Å². The predicted octanol–water partition coefficient (Wildman–Crippen LogP) is 1.70. The summed E-state index contributed by atoms with van der Waals surface area (Å²) in [5, 5.41) is 3.67. The first-order valence-electron chi connectivity index (χ1n) is 6.58. The van der Waals surface area contributed by atoms with Crippen LogP contribution in [0.3, 0.4) is 0 Å². The lowest BCUT2D eigenvalue weighted by molar-refractivity contribution is 0.169. The van der Waals surface area contributed by atoms with Gasteiger partial charge in [-0.25, -0.2) is 0 Å². The van der Waals surface area contributed by atoms with Gasteiger partial charge in [-0.15, -0.1) is 0 Å². The van der Waals surface area contributed by atoms with Gasteiger partial charge in [-0.1, -0.05) is 6.07 Å². The molecule has 17 heavy (non-hydrogen) atoms. The molecule has 0 bridgehead atoms. The number of aromatic nitrogens is 1. The van der Waals surface area contributed by atoms with Gasteiger partial charge in [-0.2, -0.15) is 0 Å². The van der Waals surface area contributed by atoms with Crippen LogP contribution in [0.2, 0.25) is 0 Å². The van der Waals surface area contributed by atoms with E-state index in [1.54, 1.807) is 0 Å². The normalized spacial score (nSPS) is 26.0. The van der Waals surface area contributed by atoms with E-state index in [0.29, 0.717) is 12.1 Å². The zero-order chi connectivity index (χ0) is 12.1. The molecular formula is C14H23N3. The first kappa shape index (κ1) is 12.5. The van der Waals surface area contributed by atoms with Crippen molar-refractivity contribution in [3.63, 3.8) is 0 Å². The number of hydrogen-bond acceptors (Lipinski definition) is 3. The summed E-state index contributed by atoms with van der Waals surface area (Å²) in [6.45, 7) is 4.59. The van der Waals surface area contributed by atoms with Gasteiger partial charge < -0.3 is 10.2 Å². The van der Waals surface area contributed by atoms with Crippen molar-refractivity contribution in [2.45, 2.75) is 38.3 Å². The van der Waals surface area contributed by atoms with Gasteiger partial charge >= 0.3 is 0 Å². The molecule has 1 aromatic rings. The van der Waals surface area contributed by atoms with E-state index in [2.05, 4.69) is 35.2 Å². The number of rotatable bonds is 4. The number of piperidine rings is 1. The maximum absolute atomic E-state index is 4.14. The van der Waals surface area contributed by atoms with Crippen LogP contribution in [-0.4, -0.2) is 42.1 Å². The molecule has 2 atom stereocenters. The Kier molecular flexibility index (Phi) is 4.51. The third-order valence-corrected chi connectivity index (χ3v) is 3.78. The third kappa shape index (κ3) is 3.79. The van der Waals surface area contributed by atoms with E-state index in [-0.39, 0.29) is 0 Å². The summed E-state index contributed by atoms with van der Waals surface area (Å²) in [7, 11) is 2.22. The molecule has 1 aliphatic heterocycles. The molecule has 1 aliphatic rings. The highest BCUT2D eigenvalue weighted by Gasteiger charge is 2.21. The van der Waals surface area contributed by atoms with E-state index < -0.39 is 0 Å². The number of nitrogens with zero attached hydrogens (tertiary/aromatic N) is 2. The van der Waals surface area contributed by atoms with Crippen LogP contribution in [0.5, 0.6) is 0 Å². The fourth-order valence-corrected chi connectivity index (χ4v) is 2.44. The minimum absolute atomic E-state index is 0.692. The molecule has 1 saturated heterocycles. The summed E-state index contributed by atoms with van der Waals surface area (Å²) in [6, 6.07) is 5.55. The Morgan fingerprint density at radius 3 is 3.12 bits per heavy atom. The Labute approximate surface area is 104 Å². The van der Waals surface area contributed by atoms with E-state index in [1.165, 1.54) is 24.9 Å². The summed E-state index contributed by atoms with van der Waals surface area (Å²) in [4.78, 5) is 6.58. The molecule has 1 fully saturated rings. The SMILES string of the molecule is CC1CC(NCCc2cccnc2)CCN1C. The monoisotopic (exact) mass is 233 g/mol. The average Bonchev–Trinajstić information content (AvgIpc) is 2.35. The molecule has 94 valence electrons. The number of pyridine rings is 1. The summed E-state index contributed by atoms with van der Waals surface area (Å²) < 4.78 is 0. The first-order valence-corrected chi connectivity index (χ1v) is 6.58. The third-order valence-electron chi connectivity index (χ3n) is 3.78. The lowest BCUT2D eigenvalue weighted by Crippen LogP contribution is -2.46. The second-order valence-electron chi connectivity index (χ2n) is 5.12. The van der Waals surface area contributed by atoms with Gasteiger partial charge in [0.05, 0.1) is 0 Å². The smallest absolute Gasteiger partial charge is 0.0300 e. The molecule has 2 rings (SSSR count). The summed E-state index contributed by atoms with van der Waals surface area (Å²) >= 11 is 0. The number of nitrogens with one attached hydrogen (secondary N) is 1. The Hall–Kier alpha value is -0.930. The molecule has 3 nitrogen and oxygen atoms in total.